The maximum absolute atomic E-state index is 11.5. The monoisotopic (exact) mass is 218 g/mol. The van der Waals surface area contributed by atoms with Gasteiger partial charge in [0.2, 0.25) is 0 Å². The summed E-state index contributed by atoms with van der Waals surface area (Å²) in [5.41, 5.74) is 0.576. The first-order valence-corrected chi connectivity index (χ1v) is 5.86. The molecule has 2 rings (SSSR count). The van der Waals surface area contributed by atoms with Crippen LogP contribution < -0.4 is 0 Å². The van der Waals surface area contributed by atoms with Crippen molar-refractivity contribution in [2.45, 2.75) is 38.7 Å². The first-order chi connectivity index (χ1) is 7.53. The van der Waals surface area contributed by atoms with Gasteiger partial charge in [-0.3, -0.25) is 4.79 Å². The van der Waals surface area contributed by atoms with Crippen LogP contribution in [0.2, 0.25) is 0 Å². The van der Waals surface area contributed by atoms with Gasteiger partial charge in [0.05, 0.1) is 5.60 Å². The van der Waals surface area contributed by atoms with Gasteiger partial charge in [-0.15, -0.1) is 0 Å². The summed E-state index contributed by atoms with van der Waals surface area (Å²) in [7, 11) is 0. The van der Waals surface area contributed by atoms with E-state index in [1.807, 2.05) is 25.1 Å². The lowest BCUT2D eigenvalue weighted by atomic mass is 9.69. The summed E-state index contributed by atoms with van der Waals surface area (Å²) in [5.74, 6) is 0.322. The van der Waals surface area contributed by atoms with Gasteiger partial charge in [0.15, 0.2) is 5.78 Å². The summed E-state index contributed by atoms with van der Waals surface area (Å²) >= 11 is 0. The fourth-order valence-electron chi connectivity index (χ4n) is 2.42. The number of hydrogen-bond acceptors (Lipinski definition) is 2. The molecule has 1 fully saturated rings. The molecule has 1 aliphatic rings. The minimum Gasteiger partial charge on any atom is -0.385 e. The van der Waals surface area contributed by atoms with E-state index in [1.54, 1.807) is 13.0 Å². The maximum Gasteiger partial charge on any atom is 0.160 e. The number of ketones is 1. The summed E-state index contributed by atoms with van der Waals surface area (Å²) in [4.78, 5) is 11.5. The average molecular weight is 218 g/mol. The average Bonchev–Trinajstić information content (AvgIpc) is 2.14. The molecule has 0 heterocycles. The van der Waals surface area contributed by atoms with Gasteiger partial charge in [-0.1, -0.05) is 30.7 Å². The van der Waals surface area contributed by atoms with E-state index in [1.165, 1.54) is 6.42 Å². The van der Waals surface area contributed by atoms with E-state index in [0.717, 1.165) is 18.4 Å². The molecular weight excluding hydrogens is 200 g/mol. The van der Waals surface area contributed by atoms with E-state index < -0.39 is 5.60 Å². The fourth-order valence-corrected chi connectivity index (χ4v) is 2.42. The molecule has 2 nitrogen and oxygen atoms in total. The molecule has 1 N–H and O–H groups in total. The Labute approximate surface area is 96.3 Å². The maximum atomic E-state index is 11.5. The van der Waals surface area contributed by atoms with Crippen molar-refractivity contribution in [3.8, 4) is 0 Å². The van der Waals surface area contributed by atoms with Gasteiger partial charge in [0.25, 0.3) is 0 Å². The molecule has 2 heteroatoms. The highest BCUT2D eigenvalue weighted by Gasteiger charge is 2.39. The summed E-state index contributed by atoms with van der Waals surface area (Å²) in [6.45, 7) is 3.38. The highest BCUT2D eigenvalue weighted by Crippen LogP contribution is 2.43. The Hall–Kier alpha value is -1.15. The zero-order valence-corrected chi connectivity index (χ0v) is 9.86. The van der Waals surface area contributed by atoms with Crippen molar-refractivity contribution < 1.29 is 9.90 Å². The Bertz CT molecular complexity index is 403. The molecule has 1 aromatic carbocycles. The summed E-state index contributed by atoms with van der Waals surface area (Å²) in [5, 5.41) is 10.6. The number of aliphatic hydroxyl groups is 1. The quantitative estimate of drug-likeness (QED) is 0.792. The van der Waals surface area contributed by atoms with E-state index in [2.05, 4.69) is 0 Å². The van der Waals surface area contributed by atoms with E-state index in [-0.39, 0.29) is 5.78 Å². The third-order valence-corrected chi connectivity index (χ3v) is 3.75. The number of Topliss-reactive ketones (excluding diaryl/α,β-unsaturated/α-hetero) is 1. The molecule has 1 saturated carbocycles. The molecule has 0 spiro atoms. The molecule has 0 aromatic heterocycles. The molecule has 0 radical (unpaired) electrons. The van der Waals surface area contributed by atoms with Crippen LogP contribution in [-0.2, 0) is 5.60 Å². The van der Waals surface area contributed by atoms with Crippen LogP contribution in [0.1, 0.15) is 49.0 Å². The zero-order chi connectivity index (χ0) is 11.8. The summed E-state index contributed by atoms with van der Waals surface area (Å²) in [6, 6.07) is 7.39. The number of rotatable bonds is 3. The van der Waals surface area contributed by atoms with Crippen LogP contribution >= 0.6 is 0 Å². The molecule has 16 heavy (non-hydrogen) atoms. The second-order valence-corrected chi connectivity index (χ2v) is 4.88. The van der Waals surface area contributed by atoms with Gasteiger partial charge in [-0.25, -0.2) is 0 Å². The minimum atomic E-state index is -0.861. The van der Waals surface area contributed by atoms with Crippen molar-refractivity contribution in [2.24, 2.45) is 5.92 Å². The van der Waals surface area contributed by atoms with Crippen molar-refractivity contribution in [1.29, 1.82) is 0 Å². The number of benzene rings is 1. The standard InChI is InChI=1S/C14H18O2/c1-10(15)12-8-3-4-9-13(12)14(2,16)11-6-5-7-11/h3-4,8-9,11,16H,5-7H2,1-2H3. The summed E-state index contributed by atoms with van der Waals surface area (Å²) in [6.07, 6.45) is 3.29. The molecule has 1 atom stereocenters. The van der Waals surface area contributed by atoms with Crippen molar-refractivity contribution in [2.75, 3.05) is 0 Å². The SMILES string of the molecule is CC(=O)c1ccccc1C(C)(O)C1CCC1. The smallest absolute Gasteiger partial charge is 0.160 e. The number of carbonyl (C=O) groups is 1. The van der Waals surface area contributed by atoms with Crippen LogP contribution in [0.25, 0.3) is 0 Å². The Morgan fingerprint density at radius 1 is 1.38 bits per heavy atom. The van der Waals surface area contributed by atoms with Crippen LogP contribution in [-0.4, -0.2) is 10.9 Å². The molecule has 0 aliphatic heterocycles. The van der Waals surface area contributed by atoms with Gasteiger partial charge in [-0.05, 0) is 38.2 Å². The Morgan fingerprint density at radius 2 is 2.00 bits per heavy atom. The normalized spacial score (nSPS) is 19.9. The van der Waals surface area contributed by atoms with Crippen LogP contribution in [0.3, 0.4) is 0 Å². The van der Waals surface area contributed by atoms with E-state index in [9.17, 15) is 9.90 Å². The second kappa shape index (κ2) is 4.02. The molecular formula is C14H18O2. The van der Waals surface area contributed by atoms with Gasteiger partial charge in [0.1, 0.15) is 0 Å². The predicted molar refractivity (Wildman–Crippen MR) is 63.4 cm³/mol. The third kappa shape index (κ3) is 1.78. The van der Waals surface area contributed by atoms with Crippen LogP contribution in [0.4, 0.5) is 0 Å². The van der Waals surface area contributed by atoms with Crippen molar-refractivity contribution >= 4 is 5.78 Å². The lowest BCUT2D eigenvalue weighted by molar-refractivity contribution is -0.0403. The molecule has 0 saturated heterocycles. The first kappa shape index (κ1) is 11.3. The van der Waals surface area contributed by atoms with Crippen molar-refractivity contribution in [3.05, 3.63) is 35.4 Å². The van der Waals surface area contributed by atoms with E-state index in [0.29, 0.717) is 11.5 Å². The molecule has 1 aromatic rings. The van der Waals surface area contributed by atoms with Crippen molar-refractivity contribution in [3.63, 3.8) is 0 Å². The van der Waals surface area contributed by atoms with Crippen LogP contribution in [0, 0.1) is 5.92 Å². The lowest BCUT2D eigenvalue weighted by Gasteiger charge is -2.40. The largest absolute Gasteiger partial charge is 0.385 e. The van der Waals surface area contributed by atoms with Gasteiger partial charge < -0.3 is 5.11 Å². The second-order valence-electron chi connectivity index (χ2n) is 4.88. The topological polar surface area (TPSA) is 37.3 Å². The van der Waals surface area contributed by atoms with Gasteiger partial charge in [0, 0.05) is 5.56 Å². The lowest BCUT2D eigenvalue weighted by Crippen LogP contribution is -2.37. The molecule has 0 bridgehead atoms. The Morgan fingerprint density at radius 3 is 2.50 bits per heavy atom. The van der Waals surface area contributed by atoms with E-state index in [4.69, 9.17) is 0 Å². The Kier molecular flexibility index (Phi) is 2.85. The molecule has 1 unspecified atom stereocenters. The molecule has 86 valence electrons. The van der Waals surface area contributed by atoms with Gasteiger partial charge >= 0.3 is 0 Å². The predicted octanol–water partition coefficient (Wildman–Crippen LogP) is 2.90. The highest BCUT2D eigenvalue weighted by molar-refractivity contribution is 5.95. The zero-order valence-electron chi connectivity index (χ0n) is 9.86. The Balaban J connectivity index is 2.42. The fraction of sp³-hybridized carbons (Fsp3) is 0.500. The van der Waals surface area contributed by atoms with Crippen LogP contribution in [0.5, 0.6) is 0 Å². The molecule has 1 aliphatic carbocycles. The summed E-state index contributed by atoms with van der Waals surface area (Å²) < 4.78 is 0. The first-order valence-electron chi connectivity index (χ1n) is 5.86. The van der Waals surface area contributed by atoms with Gasteiger partial charge in [-0.2, -0.15) is 0 Å². The minimum absolute atomic E-state index is 0.0233. The number of carbonyl (C=O) groups excluding carboxylic acids is 1. The number of hydrogen-bond donors (Lipinski definition) is 1. The highest BCUT2D eigenvalue weighted by atomic mass is 16.3. The van der Waals surface area contributed by atoms with Crippen molar-refractivity contribution in [1.82, 2.24) is 0 Å². The third-order valence-electron chi connectivity index (χ3n) is 3.75. The van der Waals surface area contributed by atoms with Crippen LogP contribution in [0.15, 0.2) is 24.3 Å². The van der Waals surface area contributed by atoms with E-state index >= 15 is 0 Å². The molecule has 0 amide bonds.